The lowest BCUT2D eigenvalue weighted by Gasteiger charge is -2.18. The van der Waals surface area contributed by atoms with Crippen molar-refractivity contribution in [2.24, 2.45) is 5.73 Å². The Hall–Kier alpha value is -1.62. The molecule has 16 heavy (non-hydrogen) atoms. The quantitative estimate of drug-likeness (QED) is 0.797. The summed E-state index contributed by atoms with van der Waals surface area (Å²) in [6, 6.07) is 5.65. The number of ether oxygens (including phenoxy) is 1. The van der Waals surface area contributed by atoms with Crippen molar-refractivity contribution < 1.29 is 19.0 Å². The minimum absolute atomic E-state index is 0.128. The van der Waals surface area contributed by atoms with Crippen LogP contribution in [0.25, 0.3) is 0 Å². The first-order chi connectivity index (χ1) is 7.42. The van der Waals surface area contributed by atoms with Crippen LogP contribution in [0.2, 0.25) is 0 Å². The molecule has 0 aliphatic rings. The molecular weight excluding hydrogens is 213 g/mol. The Morgan fingerprint density at radius 2 is 2.31 bits per heavy atom. The molecule has 0 saturated carbocycles. The molecular formula is C11H14FNO3. The van der Waals surface area contributed by atoms with E-state index in [1.54, 1.807) is 6.07 Å². The van der Waals surface area contributed by atoms with Crippen LogP contribution in [0.1, 0.15) is 13.3 Å². The minimum atomic E-state index is -1.33. The predicted octanol–water partition coefficient (Wildman–Crippen LogP) is 1.40. The van der Waals surface area contributed by atoms with Crippen LogP contribution in [-0.4, -0.2) is 23.2 Å². The van der Waals surface area contributed by atoms with Gasteiger partial charge in [-0.25, -0.2) is 4.39 Å². The summed E-state index contributed by atoms with van der Waals surface area (Å²) < 4.78 is 17.9. The zero-order valence-electron chi connectivity index (χ0n) is 8.94. The first kappa shape index (κ1) is 12.4. The Labute approximate surface area is 92.8 Å². The van der Waals surface area contributed by atoms with Gasteiger partial charge in [0.1, 0.15) is 17.1 Å². The second-order valence-corrected chi connectivity index (χ2v) is 3.78. The van der Waals surface area contributed by atoms with Crippen molar-refractivity contribution in [1.29, 1.82) is 0 Å². The number of carboxylic acids is 1. The number of hydrogen-bond donors (Lipinski definition) is 2. The first-order valence-electron chi connectivity index (χ1n) is 4.82. The van der Waals surface area contributed by atoms with Crippen LogP contribution < -0.4 is 10.5 Å². The van der Waals surface area contributed by atoms with Crippen LogP contribution in [0.3, 0.4) is 0 Å². The molecule has 0 aliphatic heterocycles. The molecule has 1 atom stereocenters. The number of halogens is 1. The van der Waals surface area contributed by atoms with E-state index in [4.69, 9.17) is 15.6 Å². The van der Waals surface area contributed by atoms with Crippen molar-refractivity contribution in [3.05, 3.63) is 30.1 Å². The SMILES string of the molecule is CC(N)(CCOc1cccc(F)c1)C(=O)O. The highest BCUT2D eigenvalue weighted by atomic mass is 19.1. The second kappa shape index (κ2) is 4.94. The molecule has 0 aromatic heterocycles. The van der Waals surface area contributed by atoms with Crippen molar-refractivity contribution in [3.63, 3.8) is 0 Å². The highest BCUT2D eigenvalue weighted by Crippen LogP contribution is 2.13. The van der Waals surface area contributed by atoms with E-state index in [9.17, 15) is 9.18 Å². The molecule has 1 unspecified atom stereocenters. The van der Waals surface area contributed by atoms with E-state index in [2.05, 4.69) is 0 Å². The van der Waals surface area contributed by atoms with E-state index in [0.717, 1.165) is 0 Å². The molecule has 88 valence electrons. The van der Waals surface area contributed by atoms with Crippen LogP contribution in [0, 0.1) is 5.82 Å². The maximum Gasteiger partial charge on any atom is 0.323 e. The van der Waals surface area contributed by atoms with Crippen molar-refractivity contribution in [3.8, 4) is 5.75 Å². The number of carboxylic acid groups (broad SMARTS) is 1. The van der Waals surface area contributed by atoms with Gasteiger partial charge < -0.3 is 15.6 Å². The van der Waals surface area contributed by atoms with Gasteiger partial charge in [0.2, 0.25) is 0 Å². The van der Waals surface area contributed by atoms with Crippen LogP contribution in [0.5, 0.6) is 5.75 Å². The Morgan fingerprint density at radius 1 is 1.62 bits per heavy atom. The van der Waals surface area contributed by atoms with Gasteiger partial charge >= 0.3 is 5.97 Å². The van der Waals surface area contributed by atoms with Crippen molar-refractivity contribution >= 4 is 5.97 Å². The van der Waals surface area contributed by atoms with Crippen molar-refractivity contribution in [2.75, 3.05) is 6.61 Å². The molecule has 1 rings (SSSR count). The third kappa shape index (κ3) is 3.51. The largest absolute Gasteiger partial charge is 0.493 e. The summed E-state index contributed by atoms with van der Waals surface area (Å²) in [6.45, 7) is 1.53. The molecule has 1 aromatic rings. The van der Waals surface area contributed by atoms with Gasteiger partial charge in [0.15, 0.2) is 0 Å². The highest BCUT2D eigenvalue weighted by molar-refractivity contribution is 5.77. The predicted molar refractivity (Wildman–Crippen MR) is 56.7 cm³/mol. The molecule has 3 N–H and O–H groups in total. The van der Waals surface area contributed by atoms with Gasteiger partial charge in [0.05, 0.1) is 6.61 Å². The molecule has 0 amide bonds. The smallest absolute Gasteiger partial charge is 0.323 e. The molecule has 0 radical (unpaired) electrons. The lowest BCUT2D eigenvalue weighted by Crippen LogP contribution is -2.45. The van der Waals surface area contributed by atoms with E-state index in [1.165, 1.54) is 25.1 Å². The average molecular weight is 227 g/mol. The summed E-state index contributed by atoms with van der Waals surface area (Å²) in [5.74, 6) is -1.12. The van der Waals surface area contributed by atoms with Crippen LogP contribution >= 0.6 is 0 Å². The average Bonchev–Trinajstić information content (AvgIpc) is 2.17. The molecule has 0 fully saturated rings. The van der Waals surface area contributed by atoms with E-state index < -0.39 is 17.3 Å². The van der Waals surface area contributed by atoms with Crippen LogP contribution in [0.4, 0.5) is 4.39 Å². The third-order valence-corrected chi connectivity index (χ3v) is 2.17. The molecule has 1 aromatic carbocycles. The molecule has 0 aliphatic carbocycles. The Bertz CT molecular complexity index is 379. The first-order valence-corrected chi connectivity index (χ1v) is 4.82. The fourth-order valence-corrected chi connectivity index (χ4v) is 1.04. The fourth-order valence-electron chi connectivity index (χ4n) is 1.04. The van der Waals surface area contributed by atoms with Gasteiger partial charge in [-0.1, -0.05) is 6.07 Å². The summed E-state index contributed by atoms with van der Waals surface area (Å²) in [7, 11) is 0. The maximum absolute atomic E-state index is 12.8. The standard InChI is InChI=1S/C11H14FNO3/c1-11(13,10(14)15)5-6-16-9-4-2-3-8(12)7-9/h2-4,7H,5-6,13H2,1H3,(H,14,15). The lowest BCUT2D eigenvalue weighted by molar-refractivity contribution is -0.143. The Balaban J connectivity index is 2.45. The molecule has 4 nitrogen and oxygen atoms in total. The summed E-state index contributed by atoms with van der Waals surface area (Å²) in [5.41, 5.74) is 4.17. The third-order valence-electron chi connectivity index (χ3n) is 2.17. The molecule has 0 heterocycles. The second-order valence-electron chi connectivity index (χ2n) is 3.78. The van der Waals surface area contributed by atoms with E-state index in [-0.39, 0.29) is 13.0 Å². The monoisotopic (exact) mass is 227 g/mol. The van der Waals surface area contributed by atoms with Crippen molar-refractivity contribution in [1.82, 2.24) is 0 Å². The van der Waals surface area contributed by atoms with Gasteiger partial charge in [-0.3, -0.25) is 4.79 Å². The number of carbonyl (C=O) groups is 1. The Kier molecular flexibility index (Phi) is 3.84. The van der Waals surface area contributed by atoms with E-state index in [1.807, 2.05) is 0 Å². The molecule has 0 saturated heterocycles. The summed E-state index contributed by atoms with van der Waals surface area (Å²) in [5, 5.41) is 8.74. The van der Waals surface area contributed by atoms with E-state index in [0.29, 0.717) is 5.75 Å². The van der Waals surface area contributed by atoms with Crippen molar-refractivity contribution in [2.45, 2.75) is 18.9 Å². The zero-order valence-corrected chi connectivity index (χ0v) is 8.94. The lowest BCUT2D eigenvalue weighted by atomic mass is 10.0. The number of benzene rings is 1. The van der Waals surface area contributed by atoms with Gasteiger partial charge in [-0.15, -0.1) is 0 Å². The van der Waals surface area contributed by atoms with E-state index >= 15 is 0 Å². The Morgan fingerprint density at radius 3 is 2.88 bits per heavy atom. The number of nitrogens with two attached hydrogens (primary N) is 1. The summed E-state index contributed by atoms with van der Waals surface area (Å²) >= 11 is 0. The zero-order chi connectivity index (χ0) is 12.2. The van der Waals surface area contributed by atoms with Gasteiger partial charge in [0, 0.05) is 12.5 Å². The highest BCUT2D eigenvalue weighted by Gasteiger charge is 2.27. The van der Waals surface area contributed by atoms with Gasteiger partial charge in [0.25, 0.3) is 0 Å². The topological polar surface area (TPSA) is 72.5 Å². The fraction of sp³-hybridized carbons (Fsp3) is 0.364. The number of rotatable bonds is 5. The maximum atomic E-state index is 12.8. The molecule has 5 heteroatoms. The number of aliphatic carboxylic acids is 1. The molecule has 0 bridgehead atoms. The number of hydrogen-bond acceptors (Lipinski definition) is 3. The van der Waals surface area contributed by atoms with Gasteiger partial charge in [-0.05, 0) is 19.1 Å². The molecule has 0 spiro atoms. The summed E-state index contributed by atoms with van der Waals surface area (Å²) in [4.78, 5) is 10.7. The normalized spacial score (nSPS) is 14.2. The summed E-state index contributed by atoms with van der Waals surface area (Å²) in [6.07, 6.45) is 0.152. The van der Waals surface area contributed by atoms with Gasteiger partial charge in [-0.2, -0.15) is 0 Å². The van der Waals surface area contributed by atoms with Crippen LogP contribution in [0.15, 0.2) is 24.3 Å². The minimum Gasteiger partial charge on any atom is -0.493 e. The van der Waals surface area contributed by atoms with Crippen LogP contribution in [-0.2, 0) is 4.79 Å².